The number of piperidine rings is 1. The Hall–Kier alpha value is -1.88. The van der Waals surface area contributed by atoms with Crippen LogP contribution in [0.15, 0.2) is 24.4 Å². The largest absolute Gasteiger partial charge is 0.347 e. The van der Waals surface area contributed by atoms with E-state index in [1.165, 1.54) is 0 Å². The van der Waals surface area contributed by atoms with Crippen LogP contribution in [0.5, 0.6) is 0 Å². The van der Waals surface area contributed by atoms with Gasteiger partial charge in [0, 0.05) is 17.2 Å². The van der Waals surface area contributed by atoms with Crippen LogP contribution in [-0.2, 0) is 10.3 Å². The van der Waals surface area contributed by atoms with Crippen molar-refractivity contribution in [3.63, 3.8) is 0 Å². The third-order valence-corrected chi connectivity index (χ3v) is 5.24. The average Bonchev–Trinajstić information content (AvgIpc) is 2.85. The van der Waals surface area contributed by atoms with Crippen LogP contribution >= 0.6 is 0 Å². The maximum atomic E-state index is 12.6. The molecular formula is C17H22N4O. The van der Waals surface area contributed by atoms with Crippen LogP contribution in [0.1, 0.15) is 25.1 Å². The molecular weight excluding hydrogens is 276 g/mol. The number of fused-ring (bicyclic) bond motifs is 2. The number of aryl methyl sites for hydroxylation is 1. The van der Waals surface area contributed by atoms with Crippen molar-refractivity contribution in [2.75, 3.05) is 13.1 Å². The molecule has 1 amide bonds. The van der Waals surface area contributed by atoms with Crippen LogP contribution in [0.4, 0.5) is 0 Å². The molecule has 1 saturated heterocycles. The highest BCUT2D eigenvalue weighted by molar-refractivity contribution is 5.83. The number of hydrogen-bond donors (Lipinski definition) is 2. The first-order valence-corrected chi connectivity index (χ1v) is 7.95. The number of rotatable bonds is 3. The highest BCUT2D eigenvalue weighted by Crippen LogP contribution is 2.49. The van der Waals surface area contributed by atoms with Gasteiger partial charge in [-0.3, -0.25) is 4.79 Å². The summed E-state index contributed by atoms with van der Waals surface area (Å²) in [7, 11) is 0. The van der Waals surface area contributed by atoms with E-state index in [2.05, 4.69) is 35.6 Å². The monoisotopic (exact) mass is 298 g/mol. The van der Waals surface area contributed by atoms with E-state index in [1.807, 2.05) is 29.8 Å². The summed E-state index contributed by atoms with van der Waals surface area (Å²) in [4.78, 5) is 12.6. The fraction of sp³-hybridized carbons (Fsp3) is 0.529. The molecule has 2 atom stereocenters. The Balaban J connectivity index is 1.59. The van der Waals surface area contributed by atoms with Crippen molar-refractivity contribution < 1.29 is 4.79 Å². The maximum Gasteiger partial charge on any atom is 0.224 e. The molecule has 2 aromatic rings. The third-order valence-electron chi connectivity index (χ3n) is 5.24. The summed E-state index contributed by atoms with van der Waals surface area (Å²) in [5, 5.41) is 11.0. The second kappa shape index (κ2) is 4.56. The summed E-state index contributed by atoms with van der Waals surface area (Å²) in [5.41, 5.74) is 2.79. The van der Waals surface area contributed by atoms with Crippen LogP contribution < -0.4 is 10.6 Å². The van der Waals surface area contributed by atoms with Gasteiger partial charge in [-0.2, -0.15) is 5.10 Å². The lowest BCUT2D eigenvalue weighted by Gasteiger charge is -2.26. The Morgan fingerprint density at radius 2 is 2.09 bits per heavy atom. The van der Waals surface area contributed by atoms with Crippen LogP contribution in [0.3, 0.4) is 0 Å². The molecule has 1 saturated carbocycles. The highest BCUT2D eigenvalue weighted by Gasteiger charge is 2.57. The lowest BCUT2D eigenvalue weighted by molar-refractivity contribution is -0.124. The molecule has 2 aliphatic rings. The predicted octanol–water partition coefficient (Wildman–Crippen LogP) is 1.46. The van der Waals surface area contributed by atoms with Crippen LogP contribution in [-0.4, -0.2) is 28.6 Å². The molecule has 4 rings (SSSR count). The summed E-state index contributed by atoms with van der Waals surface area (Å²) >= 11 is 0. The molecule has 2 fully saturated rings. The molecule has 0 spiro atoms. The van der Waals surface area contributed by atoms with Gasteiger partial charge >= 0.3 is 0 Å². The van der Waals surface area contributed by atoms with Gasteiger partial charge in [-0.25, -0.2) is 4.52 Å². The number of carbonyl (C=O) groups is 1. The van der Waals surface area contributed by atoms with Gasteiger partial charge in [0.2, 0.25) is 5.91 Å². The van der Waals surface area contributed by atoms with E-state index in [4.69, 9.17) is 0 Å². The standard InChI is InChI=1S/C17H22N4O/c1-10-5-4-6-14-13(9-19-21(10)14)17(2,3)20-16(22)15-11-7-18-8-12(11)15/h4-6,9,11-12,15,18H,7-8H2,1-3H3,(H,20,22). The topological polar surface area (TPSA) is 58.4 Å². The van der Waals surface area contributed by atoms with Gasteiger partial charge < -0.3 is 10.6 Å². The number of carbonyl (C=O) groups excluding carboxylic acids is 1. The molecule has 5 heteroatoms. The number of hydrogen-bond acceptors (Lipinski definition) is 3. The molecule has 5 nitrogen and oxygen atoms in total. The lowest BCUT2D eigenvalue weighted by atomic mass is 9.95. The van der Waals surface area contributed by atoms with Gasteiger partial charge in [0.05, 0.1) is 17.3 Å². The fourth-order valence-electron chi connectivity index (χ4n) is 3.90. The molecule has 0 radical (unpaired) electrons. The van der Waals surface area contributed by atoms with Crippen LogP contribution in [0.2, 0.25) is 0 Å². The lowest BCUT2D eigenvalue weighted by Crippen LogP contribution is -2.43. The zero-order chi connectivity index (χ0) is 15.5. The SMILES string of the molecule is Cc1cccc2c(C(C)(C)NC(=O)C3C4CNCC43)cnn12. The van der Waals surface area contributed by atoms with E-state index in [9.17, 15) is 4.79 Å². The Morgan fingerprint density at radius 1 is 1.36 bits per heavy atom. The number of aromatic nitrogens is 2. The van der Waals surface area contributed by atoms with E-state index in [0.29, 0.717) is 11.8 Å². The summed E-state index contributed by atoms with van der Waals surface area (Å²) < 4.78 is 1.93. The minimum absolute atomic E-state index is 0.188. The first-order valence-electron chi connectivity index (χ1n) is 7.95. The van der Waals surface area contributed by atoms with Crippen molar-refractivity contribution >= 4 is 11.4 Å². The van der Waals surface area contributed by atoms with E-state index in [0.717, 1.165) is 29.9 Å². The van der Waals surface area contributed by atoms with Gasteiger partial charge in [0.1, 0.15) is 0 Å². The summed E-state index contributed by atoms with van der Waals surface area (Å²) in [6, 6.07) is 6.12. The predicted molar refractivity (Wildman–Crippen MR) is 84.4 cm³/mol. The van der Waals surface area contributed by atoms with E-state index in [-0.39, 0.29) is 11.8 Å². The third kappa shape index (κ3) is 1.96. The van der Waals surface area contributed by atoms with Crippen molar-refractivity contribution in [1.82, 2.24) is 20.2 Å². The molecule has 116 valence electrons. The number of amides is 1. The summed E-state index contributed by atoms with van der Waals surface area (Å²) in [6.45, 7) is 8.12. The van der Waals surface area contributed by atoms with Gasteiger partial charge in [0.25, 0.3) is 0 Å². The Labute approximate surface area is 130 Å². The van der Waals surface area contributed by atoms with E-state index >= 15 is 0 Å². The molecule has 1 aliphatic carbocycles. The van der Waals surface area contributed by atoms with Gasteiger partial charge in [0.15, 0.2) is 0 Å². The van der Waals surface area contributed by atoms with Crippen molar-refractivity contribution in [1.29, 1.82) is 0 Å². The van der Waals surface area contributed by atoms with Gasteiger partial charge in [-0.05, 0) is 57.8 Å². The number of nitrogens with one attached hydrogen (secondary N) is 2. The first-order chi connectivity index (χ1) is 10.5. The molecule has 1 aliphatic heterocycles. The van der Waals surface area contributed by atoms with E-state index in [1.54, 1.807) is 0 Å². The zero-order valence-electron chi connectivity index (χ0n) is 13.3. The number of nitrogens with zero attached hydrogens (tertiary/aromatic N) is 2. The second-order valence-corrected chi connectivity index (χ2v) is 7.15. The minimum Gasteiger partial charge on any atom is -0.347 e. The van der Waals surface area contributed by atoms with Gasteiger partial charge in [-0.15, -0.1) is 0 Å². The van der Waals surface area contributed by atoms with Crippen molar-refractivity contribution in [3.8, 4) is 0 Å². The molecule has 2 unspecified atom stereocenters. The molecule has 3 heterocycles. The van der Waals surface area contributed by atoms with Gasteiger partial charge in [-0.1, -0.05) is 6.07 Å². The highest BCUT2D eigenvalue weighted by atomic mass is 16.2. The Bertz CT molecular complexity index is 738. The maximum absolute atomic E-state index is 12.6. The Morgan fingerprint density at radius 3 is 2.82 bits per heavy atom. The second-order valence-electron chi connectivity index (χ2n) is 7.15. The molecule has 2 aromatic heterocycles. The van der Waals surface area contributed by atoms with Crippen LogP contribution in [0.25, 0.3) is 5.52 Å². The smallest absolute Gasteiger partial charge is 0.224 e. The van der Waals surface area contributed by atoms with Crippen molar-refractivity contribution in [3.05, 3.63) is 35.7 Å². The Kier molecular flexibility index (Phi) is 2.85. The molecule has 0 aromatic carbocycles. The average molecular weight is 298 g/mol. The number of pyridine rings is 1. The first kappa shape index (κ1) is 13.8. The quantitative estimate of drug-likeness (QED) is 0.902. The van der Waals surface area contributed by atoms with Crippen molar-refractivity contribution in [2.45, 2.75) is 26.3 Å². The summed E-state index contributed by atoms with van der Waals surface area (Å²) in [5.74, 6) is 1.47. The molecule has 22 heavy (non-hydrogen) atoms. The zero-order valence-corrected chi connectivity index (χ0v) is 13.3. The van der Waals surface area contributed by atoms with E-state index < -0.39 is 5.54 Å². The normalized spacial score (nSPS) is 27.0. The minimum atomic E-state index is -0.420. The van der Waals surface area contributed by atoms with Crippen molar-refractivity contribution in [2.24, 2.45) is 17.8 Å². The fourth-order valence-corrected chi connectivity index (χ4v) is 3.90. The molecule has 0 bridgehead atoms. The van der Waals surface area contributed by atoms with Crippen LogP contribution in [0, 0.1) is 24.7 Å². The molecule has 2 N–H and O–H groups in total. The summed E-state index contributed by atoms with van der Waals surface area (Å²) in [6.07, 6.45) is 1.87.